The van der Waals surface area contributed by atoms with E-state index in [-0.39, 0.29) is 6.04 Å². The van der Waals surface area contributed by atoms with Crippen molar-refractivity contribution in [3.8, 4) is 0 Å². The van der Waals surface area contributed by atoms with E-state index < -0.39 is 6.10 Å². The van der Waals surface area contributed by atoms with Gasteiger partial charge in [0.2, 0.25) is 0 Å². The lowest BCUT2D eigenvalue weighted by atomic mass is 10.0. The number of hydrogen-bond acceptors (Lipinski definition) is 3. The molecule has 0 bridgehead atoms. The van der Waals surface area contributed by atoms with Crippen molar-refractivity contribution in [2.45, 2.75) is 45.9 Å². The highest BCUT2D eigenvalue weighted by molar-refractivity contribution is 5.24. The molecule has 0 heterocycles. The standard InChI is InChI=1S/C21H29NO2/c1-4-21(19-11-7-17(3)8-12-19)22-13-20(23)15-24-14-18-9-5-16(2)6-10-18/h5-12,20-23H,4,13-15H2,1-3H3. The van der Waals surface area contributed by atoms with E-state index in [2.05, 4.69) is 74.6 Å². The van der Waals surface area contributed by atoms with Crippen molar-refractivity contribution >= 4 is 0 Å². The molecular formula is C21H29NO2. The maximum atomic E-state index is 10.1. The largest absolute Gasteiger partial charge is 0.389 e. The highest BCUT2D eigenvalue weighted by Gasteiger charge is 2.11. The molecule has 3 nitrogen and oxygen atoms in total. The van der Waals surface area contributed by atoms with Gasteiger partial charge in [0.25, 0.3) is 0 Å². The normalized spacial score (nSPS) is 13.7. The molecule has 130 valence electrons. The number of aliphatic hydroxyl groups excluding tert-OH is 1. The lowest BCUT2D eigenvalue weighted by Crippen LogP contribution is -2.33. The second-order valence-electron chi connectivity index (χ2n) is 6.43. The van der Waals surface area contributed by atoms with Gasteiger partial charge in [0, 0.05) is 12.6 Å². The highest BCUT2D eigenvalue weighted by atomic mass is 16.5. The fourth-order valence-electron chi connectivity index (χ4n) is 2.63. The molecule has 0 aliphatic carbocycles. The van der Waals surface area contributed by atoms with E-state index in [0.29, 0.717) is 19.8 Å². The molecule has 0 aliphatic rings. The van der Waals surface area contributed by atoms with Crippen molar-refractivity contribution in [3.63, 3.8) is 0 Å². The van der Waals surface area contributed by atoms with E-state index in [1.54, 1.807) is 0 Å². The van der Waals surface area contributed by atoms with Crippen LogP contribution in [-0.2, 0) is 11.3 Å². The van der Waals surface area contributed by atoms with Gasteiger partial charge in [-0.2, -0.15) is 0 Å². The molecule has 0 spiro atoms. The number of rotatable bonds is 9. The molecule has 0 saturated carbocycles. The molecule has 2 aromatic rings. The molecule has 0 aliphatic heterocycles. The van der Waals surface area contributed by atoms with Gasteiger partial charge >= 0.3 is 0 Å². The van der Waals surface area contributed by atoms with Gasteiger partial charge in [-0.3, -0.25) is 0 Å². The quantitative estimate of drug-likeness (QED) is 0.733. The van der Waals surface area contributed by atoms with Gasteiger partial charge in [-0.25, -0.2) is 0 Å². The van der Waals surface area contributed by atoms with Crippen molar-refractivity contribution in [3.05, 3.63) is 70.8 Å². The van der Waals surface area contributed by atoms with Gasteiger partial charge in [0.05, 0.1) is 19.3 Å². The summed E-state index contributed by atoms with van der Waals surface area (Å²) in [7, 11) is 0. The number of aliphatic hydroxyl groups is 1. The van der Waals surface area contributed by atoms with Crippen LogP contribution in [0.1, 0.15) is 41.6 Å². The van der Waals surface area contributed by atoms with Crippen LogP contribution in [0.25, 0.3) is 0 Å². The lowest BCUT2D eigenvalue weighted by Gasteiger charge is -2.20. The second kappa shape index (κ2) is 9.58. The van der Waals surface area contributed by atoms with Crippen LogP contribution in [0.15, 0.2) is 48.5 Å². The van der Waals surface area contributed by atoms with Gasteiger partial charge in [0.15, 0.2) is 0 Å². The summed E-state index contributed by atoms with van der Waals surface area (Å²) < 4.78 is 5.62. The summed E-state index contributed by atoms with van der Waals surface area (Å²) in [5, 5.41) is 13.6. The number of hydrogen-bond donors (Lipinski definition) is 2. The van der Waals surface area contributed by atoms with Crippen LogP contribution in [-0.4, -0.2) is 24.4 Å². The molecule has 24 heavy (non-hydrogen) atoms. The first-order chi connectivity index (χ1) is 11.6. The first-order valence-electron chi connectivity index (χ1n) is 8.69. The zero-order valence-electron chi connectivity index (χ0n) is 15.0. The maximum Gasteiger partial charge on any atom is 0.0898 e. The van der Waals surface area contributed by atoms with E-state index in [4.69, 9.17) is 4.74 Å². The Bertz CT molecular complexity index is 592. The van der Waals surface area contributed by atoms with E-state index >= 15 is 0 Å². The Balaban J connectivity index is 1.72. The molecular weight excluding hydrogens is 298 g/mol. The molecule has 0 aromatic heterocycles. The first-order valence-corrected chi connectivity index (χ1v) is 8.69. The van der Waals surface area contributed by atoms with Crippen LogP contribution in [0.4, 0.5) is 0 Å². The van der Waals surface area contributed by atoms with Crippen LogP contribution in [0, 0.1) is 13.8 Å². The molecule has 0 saturated heterocycles. The summed E-state index contributed by atoms with van der Waals surface area (Å²) in [4.78, 5) is 0. The lowest BCUT2D eigenvalue weighted by molar-refractivity contribution is 0.0275. The average Bonchev–Trinajstić information content (AvgIpc) is 2.58. The van der Waals surface area contributed by atoms with Gasteiger partial charge in [-0.1, -0.05) is 66.6 Å². The topological polar surface area (TPSA) is 41.5 Å². The van der Waals surface area contributed by atoms with Crippen LogP contribution < -0.4 is 5.32 Å². The molecule has 0 amide bonds. The molecule has 2 atom stereocenters. The molecule has 2 N–H and O–H groups in total. The molecule has 2 aromatic carbocycles. The van der Waals surface area contributed by atoms with E-state index in [1.165, 1.54) is 16.7 Å². The van der Waals surface area contributed by atoms with E-state index in [1.807, 2.05) is 0 Å². The third-order valence-electron chi connectivity index (χ3n) is 4.19. The van der Waals surface area contributed by atoms with Crippen LogP contribution in [0.3, 0.4) is 0 Å². The predicted molar refractivity (Wildman–Crippen MR) is 99.1 cm³/mol. The zero-order chi connectivity index (χ0) is 17.4. The fraction of sp³-hybridized carbons (Fsp3) is 0.429. The Morgan fingerprint density at radius 1 is 0.958 bits per heavy atom. The maximum absolute atomic E-state index is 10.1. The monoisotopic (exact) mass is 327 g/mol. The SMILES string of the molecule is CCC(NCC(O)COCc1ccc(C)cc1)c1ccc(C)cc1. The Morgan fingerprint density at radius 3 is 2.12 bits per heavy atom. The van der Waals surface area contributed by atoms with Gasteiger partial charge in [0.1, 0.15) is 0 Å². The Kier molecular flexibility index (Phi) is 7.44. The van der Waals surface area contributed by atoms with Crippen LogP contribution in [0.5, 0.6) is 0 Å². The van der Waals surface area contributed by atoms with Crippen LogP contribution >= 0.6 is 0 Å². The van der Waals surface area contributed by atoms with Gasteiger partial charge < -0.3 is 15.2 Å². The Labute approximate surface area is 145 Å². The first kappa shape index (κ1) is 18.7. The predicted octanol–water partition coefficient (Wildman–Crippen LogP) is 3.92. The van der Waals surface area contributed by atoms with Crippen molar-refractivity contribution in [2.24, 2.45) is 0 Å². The minimum Gasteiger partial charge on any atom is -0.389 e. The number of ether oxygens (including phenoxy) is 1. The molecule has 3 heteroatoms. The van der Waals surface area contributed by atoms with Crippen molar-refractivity contribution < 1.29 is 9.84 Å². The minimum absolute atomic E-state index is 0.261. The summed E-state index contributed by atoms with van der Waals surface area (Å²) in [5.41, 5.74) is 4.89. The van der Waals surface area contributed by atoms with E-state index in [9.17, 15) is 5.11 Å². The molecule has 0 radical (unpaired) electrons. The smallest absolute Gasteiger partial charge is 0.0898 e. The average molecular weight is 327 g/mol. The van der Waals surface area contributed by atoms with Crippen LogP contribution in [0.2, 0.25) is 0 Å². The van der Waals surface area contributed by atoms with E-state index in [0.717, 1.165) is 12.0 Å². The van der Waals surface area contributed by atoms with Crippen molar-refractivity contribution in [1.29, 1.82) is 0 Å². The zero-order valence-corrected chi connectivity index (χ0v) is 15.0. The fourth-order valence-corrected chi connectivity index (χ4v) is 2.63. The van der Waals surface area contributed by atoms with Gasteiger partial charge in [-0.15, -0.1) is 0 Å². The van der Waals surface area contributed by atoms with Crippen molar-refractivity contribution in [2.75, 3.05) is 13.2 Å². The second-order valence-corrected chi connectivity index (χ2v) is 6.43. The third kappa shape index (κ3) is 6.08. The number of benzene rings is 2. The molecule has 2 unspecified atom stereocenters. The minimum atomic E-state index is -0.505. The Hall–Kier alpha value is -1.68. The Morgan fingerprint density at radius 2 is 1.54 bits per heavy atom. The summed E-state index contributed by atoms with van der Waals surface area (Å²) >= 11 is 0. The summed E-state index contributed by atoms with van der Waals surface area (Å²) in [6.07, 6.45) is 0.481. The summed E-state index contributed by atoms with van der Waals surface area (Å²) in [5.74, 6) is 0. The molecule has 2 rings (SSSR count). The van der Waals surface area contributed by atoms with Gasteiger partial charge in [-0.05, 0) is 31.4 Å². The van der Waals surface area contributed by atoms with Crippen molar-refractivity contribution in [1.82, 2.24) is 5.32 Å². The highest BCUT2D eigenvalue weighted by Crippen LogP contribution is 2.17. The molecule has 0 fully saturated rings. The summed E-state index contributed by atoms with van der Waals surface area (Å²) in [6, 6.07) is 17.1. The number of aryl methyl sites for hydroxylation is 2. The third-order valence-corrected chi connectivity index (χ3v) is 4.19. The number of nitrogens with one attached hydrogen (secondary N) is 1. The summed E-state index contributed by atoms with van der Waals surface area (Å²) in [6.45, 7) is 7.71.